The van der Waals surface area contributed by atoms with E-state index in [0.717, 1.165) is 37.0 Å². The molecule has 0 aliphatic heterocycles. The Kier molecular flexibility index (Phi) is 6.29. The van der Waals surface area contributed by atoms with Crippen LogP contribution in [0, 0.1) is 0 Å². The first-order valence-electron chi connectivity index (χ1n) is 6.91. The summed E-state index contributed by atoms with van der Waals surface area (Å²) in [4.78, 5) is 25.8. The number of nitrogens with zero attached hydrogens (tertiary/aromatic N) is 2. The number of hydrogen-bond donors (Lipinski definition) is 0. The summed E-state index contributed by atoms with van der Waals surface area (Å²) in [6.45, 7) is -1.94. The molecule has 1 rings (SSSR count). The number of halogens is 3. The van der Waals surface area contributed by atoms with Crippen LogP contribution in [0.3, 0.4) is 0 Å². The van der Waals surface area contributed by atoms with Crippen LogP contribution in [0.2, 0.25) is 0 Å². The number of alkyl halides is 3. The highest BCUT2D eigenvalue weighted by atomic mass is 19.4. The lowest BCUT2D eigenvalue weighted by molar-refractivity contribution is -0.162. The number of ether oxygens (including phenoxy) is 1. The molecule has 0 atom stereocenters. The van der Waals surface area contributed by atoms with Crippen LogP contribution in [0.4, 0.5) is 18.0 Å². The fourth-order valence-electron chi connectivity index (χ4n) is 2.30. The number of hydrogen-bond acceptors (Lipinski definition) is 3. The van der Waals surface area contributed by atoms with E-state index in [1.165, 1.54) is 7.05 Å². The van der Waals surface area contributed by atoms with Crippen molar-refractivity contribution in [1.29, 1.82) is 0 Å². The lowest BCUT2D eigenvalue weighted by Gasteiger charge is -2.32. The summed E-state index contributed by atoms with van der Waals surface area (Å²) in [5.74, 6) is -0.298. The molecule has 0 spiro atoms. The first kappa shape index (κ1) is 17.6. The van der Waals surface area contributed by atoms with Crippen molar-refractivity contribution < 1.29 is 27.5 Å². The molecule has 1 saturated carbocycles. The maximum Gasteiger partial charge on any atom is 0.422 e. The first-order chi connectivity index (χ1) is 9.70. The molecule has 122 valence electrons. The van der Waals surface area contributed by atoms with Crippen molar-refractivity contribution in [3.8, 4) is 0 Å². The average Bonchev–Trinajstić information content (AvgIpc) is 2.43. The van der Waals surface area contributed by atoms with Crippen LogP contribution in [-0.4, -0.2) is 61.3 Å². The number of rotatable bonds is 4. The lowest BCUT2D eigenvalue weighted by Crippen LogP contribution is -2.45. The maximum atomic E-state index is 12.0. The van der Waals surface area contributed by atoms with Gasteiger partial charge in [-0.15, -0.1) is 0 Å². The highest BCUT2D eigenvalue weighted by Gasteiger charge is 2.31. The molecule has 0 heterocycles. The van der Waals surface area contributed by atoms with Crippen LogP contribution in [-0.2, 0) is 9.53 Å². The Labute approximate surface area is 122 Å². The fraction of sp³-hybridized carbons (Fsp3) is 0.846. The van der Waals surface area contributed by atoms with Gasteiger partial charge in [0.05, 0.1) is 0 Å². The third-order valence-corrected chi connectivity index (χ3v) is 3.56. The van der Waals surface area contributed by atoms with Crippen molar-refractivity contribution in [2.24, 2.45) is 0 Å². The van der Waals surface area contributed by atoms with Crippen LogP contribution >= 0.6 is 0 Å². The van der Waals surface area contributed by atoms with Gasteiger partial charge in [0.25, 0.3) is 0 Å². The van der Waals surface area contributed by atoms with Gasteiger partial charge in [-0.2, -0.15) is 13.2 Å². The molecular weight excluding hydrogens is 289 g/mol. The summed E-state index contributed by atoms with van der Waals surface area (Å²) in [6.07, 6.45) is -0.605. The summed E-state index contributed by atoms with van der Waals surface area (Å²) in [7, 11) is 2.90. The smallest absolute Gasteiger partial charge is 0.422 e. The van der Waals surface area contributed by atoms with Gasteiger partial charge in [-0.3, -0.25) is 4.79 Å². The summed E-state index contributed by atoms with van der Waals surface area (Å²) >= 11 is 0. The Balaban J connectivity index is 2.39. The van der Waals surface area contributed by atoms with Crippen molar-refractivity contribution in [1.82, 2.24) is 9.80 Å². The molecule has 2 amide bonds. The molecule has 0 saturated heterocycles. The number of amides is 2. The second-order valence-electron chi connectivity index (χ2n) is 5.32. The van der Waals surface area contributed by atoms with Crippen molar-refractivity contribution in [3.63, 3.8) is 0 Å². The van der Waals surface area contributed by atoms with Gasteiger partial charge >= 0.3 is 12.3 Å². The zero-order valence-electron chi connectivity index (χ0n) is 12.3. The lowest BCUT2D eigenvalue weighted by atomic mass is 9.94. The number of carbonyl (C=O) groups excluding carboxylic acids is 2. The van der Waals surface area contributed by atoms with E-state index in [-0.39, 0.29) is 18.5 Å². The molecule has 0 aromatic rings. The van der Waals surface area contributed by atoms with Crippen molar-refractivity contribution in [2.75, 3.05) is 27.2 Å². The summed E-state index contributed by atoms with van der Waals surface area (Å²) in [6, 6.07) is 0.144. The quantitative estimate of drug-likeness (QED) is 0.801. The Bertz CT molecular complexity index is 368. The SMILES string of the molecule is CN(CC(=O)N(C)C1CCCCC1)C(=O)OCC(F)(F)F. The maximum absolute atomic E-state index is 12.0. The summed E-state index contributed by atoms with van der Waals surface area (Å²) in [5, 5.41) is 0. The fourth-order valence-corrected chi connectivity index (χ4v) is 2.30. The van der Waals surface area contributed by atoms with Crippen molar-refractivity contribution in [2.45, 2.75) is 44.3 Å². The van der Waals surface area contributed by atoms with E-state index in [9.17, 15) is 22.8 Å². The summed E-state index contributed by atoms with van der Waals surface area (Å²) in [5.41, 5.74) is 0. The van der Waals surface area contributed by atoms with E-state index in [4.69, 9.17) is 0 Å². The molecule has 1 fully saturated rings. The van der Waals surface area contributed by atoms with Gasteiger partial charge in [0.15, 0.2) is 6.61 Å². The highest BCUT2D eigenvalue weighted by molar-refractivity contribution is 5.82. The van der Waals surface area contributed by atoms with E-state index >= 15 is 0 Å². The highest BCUT2D eigenvalue weighted by Crippen LogP contribution is 2.21. The first-order valence-corrected chi connectivity index (χ1v) is 6.91. The Hall–Kier alpha value is -1.47. The van der Waals surface area contributed by atoms with E-state index in [1.807, 2.05) is 0 Å². The molecule has 0 unspecified atom stereocenters. The van der Waals surface area contributed by atoms with Crippen LogP contribution in [0.15, 0.2) is 0 Å². The second kappa shape index (κ2) is 7.51. The minimum absolute atomic E-state index is 0.144. The molecule has 0 aromatic carbocycles. The average molecular weight is 310 g/mol. The predicted octanol–water partition coefficient (Wildman–Crippen LogP) is 2.41. The minimum Gasteiger partial charge on any atom is -0.440 e. The van der Waals surface area contributed by atoms with Gasteiger partial charge < -0.3 is 14.5 Å². The van der Waals surface area contributed by atoms with Gasteiger partial charge in [0.1, 0.15) is 6.54 Å². The standard InChI is InChI=1S/C13H21F3N2O3/c1-17(12(20)21-9-13(14,15)16)8-11(19)18(2)10-6-4-3-5-7-10/h10H,3-9H2,1-2H3. The molecule has 5 nitrogen and oxygen atoms in total. The van der Waals surface area contributed by atoms with E-state index in [0.29, 0.717) is 0 Å². The Morgan fingerprint density at radius 2 is 1.71 bits per heavy atom. The third-order valence-electron chi connectivity index (χ3n) is 3.56. The molecular formula is C13H21F3N2O3. The molecule has 0 bridgehead atoms. The third kappa shape index (κ3) is 6.22. The second-order valence-corrected chi connectivity index (χ2v) is 5.32. The molecule has 1 aliphatic rings. The topological polar surface area (TPSA) is 49.9 Å². The zero-order chi connectivity index (χ0) is 16.0. The van der Waals surface area contributed by atoms with Crippen LogP contribution < -0.4 is 0 Å². The van der Waals surface area contributed by atoms with Gasteiger partial charge in [0.2, 0.25) is 5.91 Å². The zero-order valence-corrected chi connectivity index (χ0v) is 12.3. The van der Waals surface area contributed by atoms with Gasteiger partial charge in [-0.25, -0.2) is 4.79 Å². The van der Waals surface area contributed by atoms with E-state index < -0.39 is 18.9 Å². The van der Waals surface area contributed by atoms with Crippen LogP contribution in [0.1, 0.15) is 32.1 Å². The predicted molar refractivity (Wildman–Crippen MR) is 69.7 cm³/mol. The molecule has 0 N–H and O–H groups in total. The monoisotopic (exact) mass is 310 g/mol. The van der Waals surface area contributed by atoms with Crippen molar-refractivity contribution >= 4 is 12.0 Å². The van der Waals surface area contributed by atoms with Crippen LogP contribution in [0.5, 0.6) is 0 Å². The minimum atomic E-state index is -4.57. The Morgan fingerprint density at radius 3 is 2.24 bits per heavy atom. The van der Waals surface area contributed by atoms with Crippen molar-refractivity contribution in [3.05, 3.63) is 0 Å². The van der Waals surface area contributed by atoms with Gasteiger partial charge in [-0.1, -0.05) is 19.3 Å². The Morgan fingerprint density at radius 1 is 1.14 bits per heavy atom. The molecule has 0 radical (unpaired) electrons. The largest absolute Gasteiger partial charge is 0.440 e. The van der Waals surface area contributed by atoms with E-state index in [1.54, 1.807) is 11.9 Å². The van der Waals surface area contributed by atoms with Gasteiger partial charge in [-0.05, 0) is 12.8 Å². The summed E-state index contributed by atoms with van der Waals surface area (Å²) < 4.78 is 39.9. The molecule has 1 aliphatic carbocycles. The normalized spacial score (nSPS) is 16.4. The van der Waals surface area contributed by atoms with Crippen LogP contribution in [0.25, 0.3) is 0 Å². The molecule has 0 aromatic heterocycles. The number of carbonyl (C=O) groups is 2. The molecule has 8 heteroatoms. The van der Waals surface area contributed by atoms with Gasteiger partial charge in [0, 0.05) is 20.1 Å². The van der Waals surface area contributed by atoms with E-state index in [2.05, 4.69) is 4.74 Å². The molecule has 21 heavy (non-hydrogen) atoms. The number of likely N-dealkylation sites (N-methyl/N-ethyl adjacent to an activating group) is 2.